The minimum atomic E-state index is -0.574. The third kappa shape index (κ3) is 2.77. The minimum absolute atomic E-state index is 0.101. The molecule has 0 bridgehead atoms. The number of hydrogen-bond acceptors (Lipinski definition) is 1. The molecule has 0 aliphatic heterocycles. The van der Waals surface area contributed by atoms with Crippen molar-refractivity contribution in [2.24, 2.45) is 0 Å². The number of halogens is 2. The Balaban J connectivity index is 2.84. The maximum atomic E-state index is 13.2. The Labute approximate surface area is 82.4 Å². The maximum absolute atomic E-state index is 13.2. The summed E-state index contributed by atoms with van der Waals surface area (Å²) < 4.78 is 25.8. The van der Waals surface area contributed by atoms with Gasteiger partial charge in [-0.2, -0.15) is 0 Å². The first-order valence-corrected chi connectivity index (χ1v) is 4.63. The molecular formula is C11H14F2O. The van der Waals surface area contributed by atoms with Crippen LogP contribution >= 0.6 is 0 Å². The summed E-state index contributed by atoms with van der Waals surface area (Å²) in [6.07, 6.45) is -0.00260. The van der Waals surface area contributed by atoms with Crippen LogP contribution in [0.5, 0.6) is 0 Å². The first kappa shape index (κ1) is 11.1. The van der Waals surface area contributed by atoms with Gasteiger partial charge in [-0.15, -0.1) is 0 Å². The summed E-state index contributed by atoms with van der Waals surface area (Å²) in [5, 5.41) is 9.13. The lowest BCUT2D eigenvalue weighted by Gasteiger charge is -2.14. The average Bonchev–Trinajstić information content (AvgIpc) is 2.01. The molecule has 0 radical (unpaired) electrons. The van der Waals surface area contributed by atoms with E-state index in [4.69, 9.17) is 5.11 Å². The summed E-state index contributed by atoms with van der Waals surface area (Å²) in [5.41, 5.74) is 0.451. The standard InChI is InChI=1S/C11H14F2O/c1-7(5-8(2)14)10-4-3-9(12)6-11(10)13/h3-4,6-8,14H,5H2,1-2H3. The van der Waals surface area contributed by atoms with Crippen molar-refractivity contribution in [3.8, 4) is 0 Å². The fraction of sp³-hybridized carbons (Fsp3) is 0.455. The van der Waals surface area contributed by atoms with Gasteiger partial charge in [-0.25, -0.2) is 8.78 Å². The van der Waals surface area contributed by atoms with E-state index in [-0.39, 0.29) is 5.92 Å². The van der Waals surface area contributed by atoms with E-state index in [2.05, 4.69) is 0 Å². The molecule has 0 aromatic heterocycles. The van der Waals surface area contributed by atoms with Crippen LogP contribution in [0.15, 0.2) is 18.2 Å². The minimum Gasteiger partial charge on any atom is -0.393 e. The topological polar surface area (TPSA) is 20.2 Å². The number of aliphatic hydroxyl groups is 1. The van der Waals surface area contributed by atoms with Crippen molar-refractivity contribution in [1.29, 1.82) is 0 Å². The van der Waals surface area contributed by atoms with Crippen LogP contribution < -0.4 is 0 Å². The summed E-state index contributed by atoms with van der Waals surface area (Å²) >= 11 is 0. The van der Waals surface area contributed by atoms with E-state index in [0.29, 0.717) is 12.0 Å². The van der Waals surface area contributed by atoms with Crippen LogP contribution in [0, 0.1) is 11.6 Å². The van der Waals surface area contributed by atoms with Gasteiger partial charge in [-0.1, -0.05) is 13.0 Å². The van der Waals surface area contributed by atoms with Gasteiger partial charge in [-0.3, -0.25) is 0 Å². The van der Waals surface area contributed by atoms with Crippen molar-refractivity contribution in [1.82, 2.24) is 0 Å². The Bertz CT molecular complexity index is 310. The smallest absolute Gasteiger partial charge is 0.129 e. The lowest BCUT2D eigenvalue weighted by atomic mass is 9.95. The highest BCUT2D eigenvalue weighted by Gasteiger charge is 2.13. The predicted molar refractivity (Wildman–Crippen MR) is 51.1 cm³/mol. The second kappa shape index (κ2) is 4.51. The Hall–Kier alpha value is -0.960. The molecule has 78 valence electrons. The summed E-state index contributed by atoms with van der Waals surface area (Å²) in [4.78, 5) is 0. The summed E-state index contributed by atoms with van der Waals surface area (Å²) in [6, 6.07) is 3.53. The lowest BCUT2D eigenvalue weighted by molar-refractivity contribution is 0.176. The molecule has 3 heteroatoms. The maximum Gasteiger partial charge on any atom is 0.129 e. The van der Waals surface area contributed by atoms with E-state index >= 15 is 0 Å². The molecule has 0 aliphatic carbocycles. The molecule has 0 saturated heterocycles. The molecule has 1 rings (SSSR count). The monoisotopic (exact) mass is 200 g/mol. The molecule has 0 fully saturated rings. The van der Waals surface area contributed by atoms with Gasteiger partial charge in [0.2, 0.25) is 0 Å². The van der Waals surface area contributed by atoms with Gasteiger partial charge in [0.1, 0.15) is 11.6 Å². The van der Waals surface area contributed by atoms with Crippen LogP contribution in [0.4, 0.5) is 8.78 Å². The molecule has 14 heavy (non-hydrogen) atoms. The molecule has 0 spiro atoms. The number of rotatable bonds is 3. The number of aliphatic hydroxyl groups excluding tert-OH is 1. The highest BCUT2D eigenvalue weighted by atomic mass is 19.1. The van der Waals surface area contributed by atoms with Gasteiger partial charge in [0.05, 0.1) is 6.10 Å². The first-order valence-electron chi connectivity index (χ1n) is 4.63. The van der Waals surface area contributed by atoms with Crippen LogP contribution in [0.3, 0.4) is 0 Å². The second-order valence-corrected chi connectivity index (χ2v) is 3.65. The van der Waals surface area contributed by atoms with E-state index in [1.807, 2.05) is 6.92 Å². The molecule has 2 atom stereocenters. The van der Waals surface area contributed by atoms with Crippen molar-refractivity contribution in [3.05, 3.63) is 35.4 Å². The zero-order valence-corrected chi connectivity index (χ0v) is 8.30. The van der Waals surface area contributed by atoms with Gasteiger partial charge in [0, 0.05) is 6.07 Å². The van der Waals surface area contributed by atoms with Crippen LogP contribution in [0.2, 0.25) is 0 Å². The molecule has 0 aliphatic rings. The van der Waals surface area contributed by atoms with Gasteiger partial charge in [0.15, 0.2) is 0 Å². The highest BCUT2D eigenvalue weighted by Crippen LogP contribution is 2.23. The van der Waals surface area contributed by atoms with Gasteiger partial charge < -0.3 is 5.11 Å². The fourth-order valence-corrected chi connectivity index (χ4v) is 1.54. The molecule has 1 aromatic carbocycles. The molecule has 2 unspecified atom stereocenters. The third-order valence-corrected chi connectivity index (χ3v) is 2.19. The number of hydrogen-bond donors (Lipinski definition) is 1. The molecule has 1 aromatic rings. The van der Waals surface area contributed by atoms with Crippen LogP contribution in [-0.2, 0) is 0 Å². The van der Waals surface area contributed by atoms with Crippen molar-refractivity contribution < 1.29 is 13.9 Å². The van der Waals surface area contributed by atoms with Gasteiger partial charge >= 0.3 is 0 Å². The molecule has 0 heterocycles. The normalized spacial score (nSPS) is 15.2. The predicted octanol–water partition coefficient (Wildman–Crippen LogP) is 2.84. The second-order valence-electron chi connectivity index (χ2n) is 3.65. The Morgan fingerprint density at radius 2 is 1.93 bits per heavy atom. The van der Waals surface area contributed by atoms with Crippen molar-refractivity contribution >= 4 is 0 Å². The fourth-order valence-electron chi connectivity index (χ4n) is 1.54. The zero-order chi connectivity index (χ0) is 10.7. The summed E-state index contributed by atoms with van der Waals surface area (Å²) in [5.74, 6) is -1.22. The van der Waals surface area contributed by atoms with Crippen molar-refractivity contribution in [2.45, 2.75) is 32.3 Å². The van der Waals surface area contributed by atoms with E-state index in [1.54, 1.807) is 6.92 Å². The van der Waals surface area contributed by atoms with Crippen molar-refractivity contribution in [2.75, 3.05) is 0 Å². The van der Waals surface area contributed by atoms with Gasteiger partial charge in [-0.05, 0) is 30.9 Å². The summed E-state index contributed by atoms with van der Waals surface area (Å²) in [6.45, 7) is 3.46. The quantitative estimate of drug-likeness (QED) is 0.795. The van der Waals surface area contributed by atoms with E-state index < -0.39 is 17.7 Å². The number of benzene rings is 1. The molecule has 0 amide bonds. The highest BCUT2D eigenvalue weighted by molar-refractivity contribution is 5.22. The molecule has 1 N–H and O–H groups in total. The third-order valence-electron chi connectivity index (χ3n) is 2.19. The molecular weight excluding hydrogens is 186 g/mol. The zero-order valence-electron chi connectivity index (χ0n) is 8.30. The van der Waals surface area contributed by atoms with E-state index in [9.17, 15) is 8.78 Å². The Morgan fingerprint density at radius 1 is 1.29 bits per heavy atom. The van der Waals surface area contributed by atoms with Crippen molar-refractivity contribution in [3.63, 3.8) is 0 Å². The Morgan fingerprint density at radius 3 is 2.43 bits per heavy atom. The lowest BCUT2D eigenvalue weighted by Crippen LogP contribution is -2.07. The SMILES string of the molecule is CC(O)CC(C)c1ccc(F)cc1F. The first-order chi connectivity index (χ1) is 6.50. The summed E-state index contributed by atoms with van der Waals surface area (Å²) in [7, 11) is 0. The Kier molecular flexibility index (Phi) is 3.58. The average molecular weight is 200 g/mol. The molecule has 1 nitrogen and oxygen atoms in total. The molecule has 0 saturated carbocycles. The van der Waals surface area contributed by atoms with E-state index in [0.717, 1.165) is 6.07 Å². The van der Waals surface area contributed by atoms with Crippen LogP contribution in [0.1, 0.15) is 31.7 Å². The van der Waals surface area contributed by atoms with Crippen LogP contribution in [0.25, 0.3) is 0 Å². The van der Waals surface area contributed by atoms with Crippen LogP contribution in [-0.4, -0.2) is 11.2 Å². The van der Waals surface area contributed by atoms with Gasteiger partial charge in [0.25, 0.3) is 0 Å². The van der Waals surface area contributed by atoms with E-state index in [1.165, 1.54) is 12.1 Å². The largest absolute Gasteiger partial charge is 0.393 e.